The molecule has 7 nitrogen and oxygen atoms in total. The number of hydrazine groups is 1. The van der Waals surface area contributed by atoms with E-state index in [0.29, 0.717) is 15.7 Å². The van der Waals surface area contributed by atoms with Gasteiger partial charge in [-0.25, -0.2) is 0 Å². The molecular formula is C14H11BrN4O3S. The maximum Gasteiger partial charge on any atom is 0.269 e. The number of benzene rings is 2. The summed E-state index contributed by atoms with van der Waals surface area (Å²) in [5.41, 5.74) is 6.37. The Balaban J connectivity index is 1.89. The smallest absolute Gasteiger partial charge is 0.269 e. The number of amides is 1. The van der Waals surface area contributed by atoms with Gasteiger partial charge in [0.2, 0.25) is 0 Å². The first kappa shape index (κ1) is 16.8. The van der Waals surface area contributed by atoms with E-state index in [-0.39, 0.29) is 16.7 Å². The molecule has 1 amide bonds. The van der Waals surface area contributed by atoms with Crippen LogP contribution in [0.2, 0.25) is 0 Å². The highest BCUT2D eigenvalue weighted by molar-refractivity contribution is 9.10. The van der Waals surface area contributed by atoms with Crippen molar-refractivity contribution in [3.63, 3.8) is 0 Å². The molecule has 0 fully saturated rings. The number of nitro groups is 1. The van der Waals surface area contributed by atoms with Crippen LogP contribution in [0, 0.1) is 10.1 Å². The molecule has 0 radical (unpaired) electrons. The van der Waals surface area contributed by atoms with Gasteiger partial charge in [0.15, 0.2) is 5.11 Å². The van der Waals surface area contributed by atoms with Crippen molar-refractivity contribution in [3.05, 3.63) is 68.7 Å². The average Bonchev–Trinajstić information content (AvgIpc) is 2.53. The number of hydrogen-bond donors (Lipinski definition) is 3. The van der Waals surface area contributed by atoms with Gasteiger partial charge in [-0.1, -0.05) is 12.1 Å². The van der Waals surface area contributed by atoms with E-state index in [2.05, 4.69) is 32.1 Å². The molecule has 9 heteroatoms. The molecule has 2 rings (SSSR count). The van der Waals surface area contributed by atoms with Gasteiger partial charge in [-0.15, -0.1) is 0 Å². The fourth-order valence-corrected chi connectivity index (χ4v) is 2.25. The minimum absolute atomic E-state index is 0.0136. The van der Waals surface area contributed by atoms with Crippen LogP contribution in [0.25, 0.3) is 0 Å². The molecule has 118 valence electrons. The number of carbonyl (C=O) groups is 1. The minimum atomic E-state index is -0.486. The van der Waals surface area contributed by atoms with E-state index < -0.39 is 4.92 Å². The summed E-state index contributed by atoms with van der Waals surface area (Å²) >= 11 is 8.30. The van der Waals surface area contributed by atoms with Crippen LogP contribution in [0.4, 0.5) is 11.4 Å². The van der Waals surface area contributed by atoms with E-state index in [9.17, 15) is 14.9 Å². The number of rotatable bonds is 4. The molecule has 2 aromatic rings. The number of nitrogens with zero attached hydrogens (tertiary/aromatic N) is 1. The molecule has 0 unspecified atom stereocenters. The molecular weight excluding hydrogens is 384 g/mol. The van der Waals surface area contributed by atoms with Crippen molar-refractivity contribution in [2.75, 3.05) is 5.43 Å². The second-order valence-corrected chi connectivity index (χ2v) is 5.58. The molecule has 3 N–H and O–H groups in total. The lowest BCUT2D eigenvalue weighted by Crippen LogP contribution is -2.42. The van der Waals surface area contributed by atoms with Crippen molar-refractivity contribution in [2.24, 2.45) is 0 Å². The fourth-order valence-electron chi connectivity index (χ4n) is 1.64. The van der Waals surface area contributed by atoms with Crippen LogP contribution < -0.4 is 16.2 Å². The summed E-state index contributed by atoms with van der Waals surface area (Å²) < 4.78 is 0.656. The molecule has 0 atom stereocenters. The topological polar surface area (TPSA) is 96.3 Å². The minimum Gasteiger partial charge on any atom is -0.299 e. The Hall–Kier alpha value is -2.52. The molecule has 0 saturated carbocycles. The molecule has 0 spiro atoms. The summed E-state index contributed by atoms with van der Waals surface area (Å²) in [6.45, 7) is 0. The van der Waals surface area contributed by atoms with Crippen molar-refractivity contribution in [2.45, 2.75) is 0 Å². The average molecular weight is 395 g/mol. The zero-order chi connectivity index (χ0) is 16.8. The third-order valence-electron chi connectivity index (χ3n) is 2.74. The number of nitrogens with one attached hydrogen (secondary N) is 3. The van der Waals surface area contributed by atoms with E-state index in [1.54, 1.807) is 24.3 Å². The summed E-state index contributed by atoms with van der Waals surface area (Å²) in [5, 5.41) is 13.2. The molecule has 0 aromatic heterocycles. The van der Waals surface area contributed by atoms with Gasteiger partial charge < -0.3 is 0 Å². The molecule has 0 heterocycles. The molecule has 23 heavy (non-hydrogen) atoms. The van der Waals surface area contributed by atoms with Crippen LogP contribution in [0.1, 0.15) is 10.4 Å². The van der Waals surface area contributed by atoms with Gasteiger partial charge in [0, 0.05) is 16.6 Å². The van der Waals surface area contributed by atoms with Crippen molar-refractivity contribution in [3.8, 4) is 0 Å². The number of nitro benzene ring substituents is 1. The van der Waals surface area contributed by atoms with E-state index in [1.807, 2.05) is 0 Å². The first-order valence-corrected chi connectivity index (χ1v) is 7.54. The molecule has 0 aliphatic rings. The third-order valence-corrected chi connectivity index (χ3v) is 3.64. The number of thiocarbonyl (C=S) groups is 1. The standard InChI is InChI=1S/C14H11BrN4O3S/c15-12-4-2-1-3-11(12)13(20)16-14(23)18-17-9-5-7-10(8-6-9)19(21)22/h1-8,17H,(H2,16,18,20,23). The predicted molar refractivity (Wildman–Crippen MR) is 94.1 cm³/mol. The van der Waals surface area contributed by atoms with Gasteiger partial charge in [0.1, 0.15) is 0 Å². The second kappa shape index (κ2) is 7.65. The van der Waals surface area contributed by atoms with Crippen molar-refractivity contribution >= 4 is 50.5 Å². The first-order chi connectivity index (χ1) is 11.0. The SMILES string of the molecule is O=C(NC(=S)NNc1ccc([N+](=O)[O-])cc1)c1ccccc1Br. The fraction of sp³-hybridized carbons (Fsp3) is 0. The lowest BCUT2D eigenvalue weighted by atomic mass is 10.2. The molecule has 0 aliphatic heterocycles. The highest BCUT2D eigenvalue weighted by atomic mass is 79.9. The maximum absolute atomic E-state index is 12.0. The van der Waals surface area contributed by atoms with Gasteiger partial charge in [-0.3, -0.25) is 31.1 Å². The second-order valence-electron chi connectivity index (χ2n) is 4.32. The molecule has 0 aliphatic carbocycles. The van der Waals surface area contributed by atoms with Crippen LogP contribution in [-0.4, -0.2) is 15.9 Å². The van der Waals surface area contributed by atoms with E-state index in [1.165, 1.54) is 24.3 Å². The molecule has 0 bridgehead atoms. The Morgan fingerprint density at radius 2 is 1.78 bits per heavy atom. The third kappa shape index (κ3) is 4.73. The normalized spacial score (nSPS) is 9.78. The largest absolute Gasteiger partial charge is 0.299 e. The van der Waals surface area contributed by atoms with Crippen LogP contribution in [0.15, 0.2) is 53.0 Å². The van der Waals surface area contributed by atoms with Gasteiger partial charge >= 0.3 is 0 Å². The van der Waals surface area contributed by atoms with Crippen LogP contribution >= 0.6 is 28.1 Å². The van der Waals surface area contributed by atoms with E-state index in [4.69, 9.17) is 12.2 Å². The number of anilines is 1. The monoisotopic (exact) mass is 394 g/mol. The number of hydrogen-bond acceptors (Lipinski definition) is 5. The summed E-state index contributed by atoms with van der Waals surface area (Å²) in [4.78, 5) is 22.1. The Kier molecular flexibility index (Phi) is 5.61. The maximum atomic E-state index is 12.0. The Morgan fingerprint density at radius 3 is 2.39 bits per heavy atom. The number of non-ortho nitro benzene ring substituents is 1. The Bertz CT molecular complexity index is 752. The predicted octanol–water partition coefficient (Wildman–Crippen LogP) is 2.99. The van der Waals surface area contributed by atoms with Crippen molar-refractivity contribution in [1.82, 2.24) is 10.7 Å². The lowest BCUT2D eigenvalue weighted by molar-refractivity contribution is -0.384. The summed E-state index contributed by atoms with van der Waals surface area (Å²) in [6, 6.07) is 12.7. The quantitative estimate of drug-likeness (QED) is 0.419. The summed E-state index contributed by atoms with van der Waals surface area (Å²) in [5.74, 6) is -0.361. The summed E-state index contributed by atoms with van der Waals surface area (Å²) in [6.07, 6.45) is 0. The van der Waals surface area contributed by atoms with Crippen LogP contribution in [0.5, 0.6) is 0 Å². The van der Waals surface area contributed by atoms with Gasteiger partial charge in [-0.2, -0.15) is 0 Å². The highest BCUT2D eigenvalue weighted by Crippen LogP contribution is 2.16. The molecule has 0 saturated heterocycles. The Morgan fingerprint density at radius 1 is 1.13 bits per heavy atom. The van der Waals surface area contributed by atoms with Gasteiger partial charge in [0.25, 0.3) is 11.6 Å². The summed E-state index contributed by atoms with van der Waals surface area (Å²) in [7, 11) is 0. The highest BCUT2D eigenvalue weighted by Gasteiger charge is 2.10. The van der Waals surface area contributed by atoms with Crippen LogP contribution in [0.3, 0.4) is 0 Å². The van der Waals surface area contributed by atoms with E-state index in [0.717, 1.165) is 0 Å². The Labute approximate surface area is 145 Å². The van der Waals surface area contributed by atoms with Gasteiger partial charge in [-0.05, 0) is 52.4 Å². The zero-order valence-electron chi connectivity index (χ0n) is 11.6. The van der Waals surface area contributed by atoms with Gasteiger partial charge in [0.05, 0.1) is 16.2 Å². The number of carbonyl (C=O) groups excluding carboxylic acids is 1. The number of halogens is 1. The van der Waals surface area contributed by atoms with Crippen molar-refractivity contribution < 1.29 is 9.72 Å². The van der Waals surface area contributed by atoms with Crippen molar-refractivity contribution in [1.29, 1.82) is 0 Å². The van der Waals surface area contributed by atoms with Crippen LogP contribution in [-0.2, 0) is 0 Å². The zero-order valence-corrected chi connectivity index (χ0v) is 14.0. The van der Waals surface area contributed by atoms with E-state index >= 15 is 0 Å². The first-order valence-electron chi connectivity index (χ1n) is 6.33. The molecule has 2 aromatic carbocycles. The lowest BCUT2D eigenvalue weighted by Gasteiger charge is -2.12.